The largest absolute Gasteiger partial charge is 0.504 e. The van der Waals surface area contributed by atoms with Crippen molar-refractivity contribution in [2.75, 3.05) is 26.2 Å². The Morgan fingerprint density at radius 2 is 2.15 bits per heavy atom. The first-order valence-electron chi connectivity index (χ1n) is 12.6. The Bertz CT molecular complexity index is 1180. The molecule has 1 saturated carbocycles. The number of carbonyl (C=O) groups is 1. The van der Waals surface area contributed by atoms with E-state index in [0.29, 0.717) is 25.3 Å². The fourth-order valence-corrected chi connectivity index (χ4v) is 8.12. The number of phenolic OH excluding ortho intramolecular Hbond substituents is 1. The highest BCUT2D eigenvalue weighted by Crippen LogP contribution is 2.63. The fraction of sp³-hybridized carbons (Fsp3) is 0.615. The minimum absolute atomic E-state index is 0.00704. The van der Waals surface area contributed by atoms with E-state index in [-0.39, 0.29) is 30.2 Å². The number of ether oxygens (including phenoxy) is 1. The molecular weight excluding hydrogens is 450 g/mol. The van der Waals surface area contributed by atoms with E-state index in [4.69, 9.17) is 4.74 Å². The lowest BCUT2D eigenvalue weighted by Crippen LogP contribution is -2.74. The highest BCUT2D eigenvalue weighted by atomic mass is 32.1. The number of nitrogens with zero attached hydrogens (tertiary/aromatic N) is 3. The number of rotatable bonds is 4. The van der Waals surface area contributed by atoms with Crippen molar-refractivity contribution in [3.05, 3.63) is 39.3 Å². The summed E-state index contributed by atoms with van der Waals surface area (Å²) in [4.78, 5) is 22.2. The molecule has 180 valence electrons. The van der Waals surface area contributed by atoms with Crippen molar-refractivity contribution < 1.29 is 19.7 Å². The molecule has 8 heteroatoms. The summed E-state index contributed by atoms with van der Waals surface area (Å²) in [7, 11) is 0. The summed E-state index contributed by atoms with van der Waals surface area (Å²) in [6.07, 6.45) is 4.55. The Kier molecular flexibility index (Phi) is 4.47. The summed E-state index contributed by atoms with van der Waals surface area (Å²) in [5.41, 5.74) is 1.54. The molecule has 7 nitrogen and oxygen atoms in total. The van der Waals surface area contributed by atoms with Gasteiger partial charge >= 0.3 is 0 Å². The second kappa shape index (κ2) is 7.18. The molecule has 0 radical (unpaired) electrons. The molecule has 2 aliphatic carbocycles. The average molecular weight is 482 g/mol. The van der Waals surface area contributed by atoms with Crippen LogP contribution in [0, 0.1) is 12.8 Å². The fourth-order valence-electron chi connectivity index (χ4n) is 7.36. The van der Waals surface area contributed by atoms with Crippen molar-refractivity contribution in [2.45, 2.75) is 68.6 Å². The first-order valence-corrected chi connectivity index (χ1v) is 13.4. The molecule has 2 N–H and O–H groups in total. The van der Waals surface area contributed by atoms with Gasteiger partial charge in [-0.3, -0.25) is 9.69 Å². The van der Waals surface area contributed by atoms with Gasteiger partial charge in [0.05, 0.1) is 24.0 Å². The van der Waals surface area contributed by atoms with Gasteiger partial charge in [-0.2, -0.15) is 0 Å². The maximum Gasteiger partial charge on any atom is 0.229 e. The second-order valence-electron chi connectivity index (χ2n) is 11.0. The summed E-state index contributed by atoms with van der Waals surface area (Å²) in [5.74, 6) is 1.44. The topological polar surface area (TPSA) is 86.1 Å². The van der Waals surface area contributed by atoms with Gasteiger partial charge in [0.25, 0.3) is 0 Å². The molecule has 2 aromatic rings. The molecule has 4 heterocycles. The molecule has 34 heavy (non-hydrogen) atoms. The van der Waals surface area contributed by atoms with Crippen LogP contribution < -0.4 is 4.74 Å². The smallest absolute Gasteiger partial charge is 0.229 e. The summed E-state index contributed by atoms with van der Waals surface area (Å²) in [6.45, 7) is 4.84. The zero-order chi connectivity index (χ0) is 23.2. The molecule has 5 aliphatic rings. The van der Waals surface area contributed by atoms with E-state index in [1.807, 2.05) is 23.3 Å². The number of thiazole rings is 1. The third-order valence-corrected chi connectivity index (χ3v) is 10.1. The van der Waals surface area contributed by atoms with Crippen molar-refractivity contribution in [3.63, 3.8) is 0 Å². The van der Waals surface area contributed by atoms with E-state index in [2.05, 4.69) is 9.88 Å². The molecule has 1 aromatic carbocycles. The molecule has 1 spiro atoms. The van der Waals surface area contributed by atoms with Crippen molar-refractivity contribution in [3.8, 4) is 11.5 Å². The third kappa shape index (κ3) is 2.82. The number of benzene rings is 1. The van der Waals surface area contributed by atoms with Crippen LogP contribution in [0.3, 0.4) is 0 Å². The number of amides is 1. The van der Waals surface area contributed by atoms with Gasteiger partial charge < -0.3 is 19.8 Å². The van der Waals surface area contributed by atoms with E-state index in [9.17, 15) is 15.0 Å². The number of aromatic hydroxyl groups is 1. The predicted molar refractivity (Wildman–Crippen MR) is 127 cm³/mol. The second-order valence-corrected chi connectivity index (χ2v) is 12.0. The number of carbonyl (C=O) groups excluding carboxylic acids is 1. The highest BCUT2D eigenvalue weighted by molar-refractivity contribution is 7.09. The third-order valence-electron chi connectivity index (χ3n) is 9.11. The molecular formula is C26H31N3O4S. The zero-order valence-corrected chi connectivity index (χ0v) is 20.3. The number of phenols is 1. The molecule has 2 bridgehead atoms. The molecule has 0 unspecified atom stereocenters. The van der Waals surface area contributed by atoms with Crippen LogP contribution >= 0.6 is 11.3 Å². The van der Waals surface area contributed by atoms with Gasteiger partial charge in [0, 0.05) is 35.8 Å². The molecule has 1 aromatic heterocycles. The van der Waals surface area contributed by atoms with Crippen LogP contribution in [0.1, 0.15) is 47.5 Å². The normalized spacial score (nSPS) is 33.9. The van der Waals surface area contributed by atoms with E-state index in [1.165, 1.54) is 29.7 Å². The summed E-state index contributed by atoms with van der Waals surface area (Å²) in [6, 6.07) is 3.76. The Labute approximate surface area is 203 Å². The Morgan fingerprint density at radius 3 is 2.91 bits per heavy atom. The van der Waals surface area contributed by atoms with Crippen molar-refractivity contribution in [1.82, 2.24) is 14.8 Å². The van der Waals surface area contributed by atoms with E-state index >= 15 is 0 Å². The lowest BCUT2D eigenvalue weighted by Gasteiger charge is -2.60. The standard InChI is InChI=1S/C26H31N3O4S/c1-15-14-34-21(27-15)11-22(31)29-9-7-26(32)19-10-17-4-5-18(30)24-23(17)25(26,20(13-29)33-24)6-8-28(19)12-16-2-3-16/h4-5,14,16,19-20,30,32H,2-3,6-13H2,1H3/t19-,20+,25-,26-/m1/s1. The monoisotopic (exact) mass is 481 g/mol. The number of aryl methyl sites for hydroxylation is 1. The van der Waals surface area contributed by atoms with Crippen LogP contribution in [-0.2, 0) is 23.1 Å². The van der Waals surface area contributed by atoms with Gasteiger partial charge in [-0.15, -0.1) is 11.3 Å². The average Bonchev–Trinajstić information content (AvgIpc) is 3.46. The van der Waals surface area contributed by atoms with Crippen LogP contribution in [0.4, 0.5) is 0 Å². The Hall–Kier alpha value is -2.16. The van der Waals surface area contributed by atoms with Crippen molar-refractivity contribution in [2.24, 2.45) is 5.92 Å². The SMILES string of the molecule is Cc1csc(CC(=O)N2CC[C@@]3(O)[C@H]4Cc5ccc(O)c6c5[C@@]3(CCN4CC3CC3)[C@H](C2)O6)n1. The molecule has 7 rings (SSSR count). The number of likely N-dealkylation sites (tertiary alicyclic amines) is 2. The van der Waals surface area contributed by atoms with E-state index in [0.717, 1.165) is 48.1 Å². The van der Waals surface area contributed by atoms with Crippen LogP contribution in [0.5, 0.6) is 11.5 Å². The minimum Gasteiger partial charge on any atom is -0.504 e. The number of piperidine rings is 1. The van der Waals surface area contributed by atoms with Gasteiger partial charge in [0.1, 0.15) is 11.1 Å². The Balaban J connectivity index is 1.29. The minimum atomic E-state index is -0.996. The number of hydrogen-bond acceptors (Lipinski definition) is 7. The summed E-state index contributed by atoms with van der Waals surface area (Å²) in [5, 5.41) is 26.1. The number of hydrogen-bond donors (Lipinski definition) is 2. The number of aromatic nitrogens is 1. The maximum absolute atomic E-state index is 13.4. The predicted octanol–water partition coefficient (Wildman–Crippen LogP) is 2.40. The zero-order valence-electron chi connectivity index (χ0n) is 19.5. The van der Waals surface area contributed by atoms with Crippen LogP contribution in [0.25, 0.3) is 0 Å². The highest BCUT2D eigenvalue weighted by Gasteiger charge is 2.71. The van der Waals surface area contributed by atoms with Gasteiger partial charge in [0.2, 0.25) is 5.91 Å². The molecule has 4 atom stereocenters. The summed E-state index contributed by atoms with van der Waals surface area (Å²) < 4.78 is 6.48. The lowest BCUT2D eigenvalue weighted by atomic mass is 9.52. The maximum atomic E-state index is 13.4. The summed E-state index contributed by atoms with van der Waals surface area (Å²) >= 11 is 1.52. The van der Waals surface area contributed by atoms with Crippen LogP contribution in [0.15, 0.2) is 17.5 Å². The Morgan fingerprint density at radius 1 is 1.29 bits per heavy atom. The lowest BCUT2D eigenvalue weighted by molar-refractivity contribution is -0.162. The number of aliphatic hydroxyl groups is 1. The quantitative estimate of drug-likeness (QED) is 0.698. The first kappa shape index (κ1) is 21.1. The van der Waals surface area contributed by atoms with Gasteiger partial charge in [0.15, 0.2) is 11.5 Å². The van der Waals surface area contributed by atoms with Crippen molar-refractivity contribution >= 4 is 17.2 Å². The van der Waals surface area contributed by atoms with E-state index < -0.39 is 11.0 Å². The van der Waals surface area contributed by atoms with Crippen molar-refractivity contribution in [1.29, 1.82) is 0 Å². The van der Waals surface area contributed by atoms with Crippen LogP contribution in [-0.4, -0.2) is 74.8 Å². The molecule has 3 fully saturated rings. The molecule has 2 saturated heterocycles. The molecule has 3 aliphatic heterocycles. The van der Waals surface area contributed by atoms with Gasteiger partial charge in [-0.25, -0.2) is 4.98 Å². The molecule has 1 amide bonds. The van der Waals surface area contributed by atoms with Gasteiger partial charge in [-0.05, 0) is 63.1 Å². The van der Waals surface area contributed by atoms with Crippen LogP contribution in [0.2, 0.25) is 0 Å². The first-order chi connectivity index (χ1) is 16.4. The van der Waals surface area contributed by atoms with E-state index in [1.54, 1.807) is 6.07 Å². The van der Waals surface area contributed by atoms with Gasteiger partial charge in [-0.1, -0.05) is 6.07 Å².